The Hall–Kier alpha value is -1.88. The molecule has 1 aliphatic heterocycles. The number of benzene rings is 2. The van der Waals surface area contributed by atoms with Crippen molar-refractivity contribution in [1.29, 1.82) is 0 Å². The molecule has 5 heteroatoms. The SMILES string of the molecule is CNCCCC(=O)N1CCN(C(c2ccccc2)c2ccccc2Cl)CC1. The molecule has 2 aromatic carbocycles. The molecule has 27 heavy (non-hydrogen) atoms. The van der Waals surface area contributed by atoms with Crippen LogP contribution in [0.2, 0.25) is 5.02 Å². The molecule has 1 unspecified atom stereocenters. The lowest BCUT2D eigenvalue weighted by Gasteiger charge is -2.40. The summed E-state index contributed by atoms with van der Waals surface area (Å²) in [7, 11) is 1.92. The van der Waals surface area contributed by atoms with E-state index in [4.69, 9.17) is 11.6 Å². The van der Waals surface area contributed by atoms with E-state index in [1.807, 2.05) is 36.2 Å². The van der Waals surface area contributed by atoms with E-state index >= 15 is 0 Å². The van der Waals surface area contributed by atoms with Crippen LogP contribution < -0.4 is 5.32 Å². The van der Waals surface area contributed by atoms with Gasteiger partial charge in [-0.25, -0.2) is 0 Å². The van der Waals surface area contributed by atoms with Gasteiger partial charge in [0.05, 0.1) is 6.04 Å². The number of rotatable bonds is 7. The van der Waals surface area contributed by atoms with E-state index in [1.54, 1.807) is 0 Å². The molecular weight excluding hydrogens is 358 g/mol. The van der Waals surface area contributed by atoms with Crippen molar-refractivity contribution in [1.82, 2.24) is 15.1 Å². The summed E-state index contributed by atoms with van der Waals surface area (Å²) in [5.41, 5.74) is 2.36. The maximum atomic E-state index is 12.4. The predicted octanol–water partition coefficient (Wildman–Crippen LogP) is 3.57. The van der Waals surface area contributed by atoms with Gasteiger partial charge in [0.2, 0.25) is 5.91 Å². The smallest absolute Gasteiger partial charge is 0.222 e. The van der Waals surface area contributed by atoms with Gasteiger partial charge >= 0.3 is 0 Å². The van der Waals surface area contributed by atoms with Gasteiger partial charge in [-0.15, -0.1) is 0 Å². The Morgan fingerprint density at radius 1 is 1.04 bits per heavy atom. The number of nitrogens with zero attached hydrogens (tertiary/aromatic N) is 2. The van der Waals surface area contributed by atoms with E-state index in [-0.39, 0.29) is 11.9 Å². The Bertz CT molecular complexity index is 729. The number of hydrogen-bond donors (Lipinski definition) is 1. The van der Waals surface area contributed by atoms with Crippen LogP contribution in [0.1, 0.15) is 30.0 Å². The molecule has 1 atom stereocenters. The maximum absolute atomic E-state index is 12.4. The monoisotopic (exact) mass is 385 g/mol. The quantitative estimate of drug-likeness (QED) is 0.740. The Labute approximate surface area is 167 Å². The van der Waals surface area contributed by atoms with Crippen molar-refractivity contribution in [2.24, 2.45) is 0 Å². The van der Waals surface area contributed by atoms with Gasteiger partial charge in [0, 0.05) is 37.6 Å². The molecule has 0 aromatic heterocycles. The van der Waals surface area contributed by atoms with Crippen LogP contribution in [0, 0.1) is 0 Å². The molecule has 4 nitrogen and oxygen atoms in total. The summed E-state index contributed by atoms with van der Waals surface area (Å²) < 4.78 is 0. The molecule has 1 aliphatic rings. The zero-order valence-electron chi connectivity index (χ0n) is 15.9. The molecule has 144 valence electrons. The van der Waals surface area contributed by atoms with Gasteiger partial charge in [0.15, 0.2) is 0 Å². The van der Waals surface area contributed by atoms with Gasteiger partial charge in [-0.1, -0.05) is 60.1 Å². The summed E-state index contributed by atoms with van der Waals surface area (Å²) in [6.45, 7) is 4.12. The molecule has 3 rings (SSSR count). The van der Waals surface area contributed by atoms with Crippen molar-refractivity contribution >= 4 is 17.5 Å². The highest BCUT2D eigenvalue weighted by atomic mass is 35.5. The maximum Gasteiger partial charge on any atom is 0.222 e. The molecule has 1 heterocycles. The van der Waals surface area contributed by atoms with Gasteiger partial charge in [0.1, 0.15) is 0 Å². The largest absolute Gasteiger partial charge is 0.340 e. The second-order valence-corrected chi connectivity index (χ2v) is 7.37. The number of halogens is 1. The summed E-state index contributed by atoms with van der Waals surface area (Å²) >= 11 is 6.54. The highest BCUT2D eigenvalue weighted by Gasteiger charge is 2.28. The van der Waals surface area contributed by atoms with Crippen LogP contribution in [0.4, 0.5) is 0 Å². The van der Waals surface area contributed by atoms with E-state index in [0.717, 1.165) is 49.7 Å². The molecule has 1 saturated heterocycles. The third-order valence-electron chi connectivity index (χ3n) is 5.16. The highest BCUT2D eigenvalue weighted by Crippen LogP contribution is 2.33. The molecular formula is C22H28ClN3O. The average molecular weight is 386 g/mol. The molecule has 1 amide bonds. The lowest BCUT2D eigenvalue weighted by molar-refractivity contribution is -0.133. The van der Waals surface area contributed by atoms with E-state index < -0.39 is 0 Å². The summed E-state index contributed by atoms with van der Waals surface area (Å²) in [6.07, 6.45) is 1.51. The van der Waals surface area contributed by atoms with Crippen LogP contribution in [0.25, 0.3) is 0 Å². The summed E-state index contributed by atoms with van der Waals surface area (Å²) in [6, 6.07) is 18.7. The van der Waals surface area contributed by atoms with Gasteiger partial charge in [0.25, 0.3) is 0 Å². The van der Waals surface area contributed by atoms with Crippen molar-refractivity contribution < 1.29 is 4.79 Å². The lowest BCUT2D eigenvalue weighted by Crippen LogP contribution is -2.50. The van der Waals surface area contributed by atoms with Gasteiger partial charge in [-0.05, 0) is 37.2 Å². The lowest BCUT2D eigenvalue weighted by atomic mass is 9.96. The second kappa shape index (κ2) is 9.88. The first-order valence-electron chi connectivity index (χ1n) is 9.66. The van der Waals surface area contributed by atoms with Crippen molar-refractivity contribution in [3.63, 3.8) is 0 Å². The molecule has 0 radical (unpaired) electrons. The minimum absolute atomic E-state index is 0.112. The Morgan fingerprint density at radius 2 is 1.70 bits per heavy atom. The van der Waals surface area contributed by atoms with Crippen LogP contribution >= 0.6 is 11.6 Å². The molecule has 0 aliphatic carbocycles. The minimum atomic E-state index is 0.112. The summed E-state index contributed by atoms with van der Waals surface area (Å²) in [5, 5.41) is 3.89. The third-order valence-corrected chi connectivity index (χ3v) is 5.51. The van der Waals surface area contributed by atoms with Crippen LogP contribution in [0.3, 0.4) is 0 Å². The van der Waals surface area contributed by atoms with Gasteiger partial charge < -0.3 is 10.2 Å². The molecule has 0 saturated carbocycles. The number of carbonyl (C=O) groups is 1. The molecule has 0 bridgehead atoms. The van der Waals surface area contributed by atoms with Crippen LogP contribution in [0.5, 0.6) is 0 Å². The Kier molecular flexibility index (Phi) is 7.27. The fraction of sp³-hybridized carbons (Fsp3) is 0.409. The number of amides is 1. The number of piperazine rings is 1. The van der Waals surface area contributed by atoms with Crippen LogP contribution in [0.15, 0.2) is 54.6 Å². The van der Waals surface area contributed by atoms with E-state index in [9.17, 15) is 4.79 Å². The first-order valence-corrected chi connectivity index (χ1v) is 10.0. The zero-order valence-corrected chi connectivity index (χ0v) is 16.7. The first-order chi connectivity index (χ1) is 13.2. The Morgan fingerprint density at radius 3 is 2.37 bits per heavy atom. The Balaban J connectivity index is 1.72. The number of nitrogens with one attached hydrogen (secondary N) is 1. The number of hydrogen-bond acceptors (Lipinski definition) is 3. The minimum Gasteiger partial charge on any atom is -0.340 e. The summed E-state index contributed by atoms with van der Waals surface area (Å²) in [4.78, 5) is 16.8. The molecule has 2 aromatic rings. The second-order valence-electron chi connectivity index (χ2n) is 6.96. The van der Waals surface area contributed by atoms with Crippen molar-refractivity contribution in [3.05, 3.63) is 70.7 Å². The molecule has 0 spiro atoms. The van der Waals surface area contributed by atoms with Crippen molar-refractivity contribution in [2.45, 2.75) is 18.9 Å². The van der Waals surface area contributed by atoms with E-state index in [0.29, 0.717) is 6.42 Å². The number of carbonyl (C=O) groups excluding carboxylic acids is 1. The fourth-order valence-corrected chi connectivity index (χ4v) is 3.96. The van der Waals surface area contributed by atoms with Gasteiger partial charge in [-0.2, -0.15) is 0 Å². The normalized spacial score (nSPS) is 16.3. The van der Waals surface area contributed by atoms with Crippen molar-refractivity contribution in [2.75, 3.05) is 39.8 Å². The topological polar surface area (TPSA) is 35.6 Å². The average Bonchev–Trinajstić information content (AvgIpc) is 2.71. The van der Waals surface area contributed by atoms with Crippen LogP contribution in [-0.4, -0.2) is 55.5 Å². The molecule has 1 N–H and O–H groups in total. The zero-order chi connectivity index (χ0) is 19.1. The standard InChI is InChI=1S/C22H28ClN3O/c1-24-13-7-12-21(27)25-14-16-26(17-15-25)22(18-8-3-2-4-9-18)19-10-5-6-11-20(19)23/h2-6,8-11,22,24H,7,12-17H2,1H3. The van der Waals surface area contributed by atoms with Crippen molar-refractivity contribution in [3.8, 4) is 0 Å². The fourth-order valence-electron chi connectivity index (χ4n) is 3.72. The molecule has 1 fully saturated rings. The highest BCUT2D eigenvalue weighted by molar-refractivity contribution is 6.31. The van der Waals surface area contributed by atoms with E-state index in [1.165, 1.54) is 5.56 Å². The van der Waals surface area contributed by atoms with Crippen LogP contribution in [-0.2, 0) is 4.79 Å². The van der Waals surface area contributed by atoms with Gasteiger partial charge in [-0.3, -0.25) is 9.69 Å². The first kappa shape index (κ1) is 19.9. The predicted molar refractivity (Wildman–Crippen MR) is 111 cm³/mol. The third kappa shape index (κ3) is 5.10. The summed E-state index contributed by atoms with van der Waals surface area (Å²) in [5.74, 6) is 0.263. The van der Waals surface area contributed by atoms with E-state index in [2.05, 4.69) is 40.5 Å².